The molecule has 3 aliphatic rings. The van der Waals surface area contributed by atoms with Crippen molar-refractivity contribution in [3.05, 3.63) is 87.4 Å². The number of carboxylic acids is 1. The van der Waals surface area contributed by atoms with Gasteiger partial charge in [0, 0.05) is 39.7 Å². The van der Waals surface area contributed by atoms with Crippen LogP contribution >= 0.6 is 23.2 Å². The minimum absolute atomic E-state index is 0.0285. The van der Waals surface area contributed by atoms with E-state index in [2.05, 4.69) is 37.1 Å². The topological polar surface area (TPSA) is 82.1 Å². The number of aromatic carboxylic acids is 1. The Kier molecular flexibility index (Phi) is 6.76. The summed E-state index contributed by atoms with van der Waals surface area (Å²) < 4.78 is 5.59. The number of nitrogens with zero attached hydrogens (tertiary/aromatic N) is 2. The largest absolute Gasteiger partial charge is 0.495 e. The molecule has 2 fully saturated rings. The molecule has 6 rings (SSSR count). The van der Waals surface area contributed by atoms with Gasteiger partial charge < -0.3 is 15.2 Å². The third kappa shape index (κ3) is 4.37. The molecule has 0 unspecified atom stereocenters. The van der Waals surface area contributed by atoms with E-state index in [1.54, 1.807) is 11.0 Å². The molecule has 3 heterocycles. The molecule has 3 aliphatic heterocycles. The Morgan fingerprint density at radius 2 is 1.88 bits per heavy atom. The van der Waals surface area contributed by atoms with Crippen molar-refractivity contribution in [3.63, 3.8) is 0 Å². The van der Waals surface area contributed by atoms with Crippen LogP contribution < -0.4 is 15.0 Å². The second-order valence-corrected chi connectivity index (χ2v) is 13.3. The number of fused-ring (bicyclic) bond motifs is 3. The van der Waals surface area contributed by atoms with Gasteiger partial charge in [-0.05, 0) is 65.4 Å². The SMILES string of the molecule is COc1cc(C(=O)O)ccc1N1CN2[C@@H](CC(C)(C)C)[C@@]3(CNc4ccc(Cl)cc43)[C@@H](c3ccccc3Cl)[C@@H]2C1=O. The number of hydrogen-bond acceptors (Lipinski definition) is 5. The molecule has 0 aromatic heterocycles. The second-order valence-electron chi connectivity index (χ2n) is 12.4. The number of nitrogens with one attached hydrogen (secondary N) is 1. The van der Waals surface area contributed by atoms with Gasteiger partial charge in [-0.25, -0.2) is 4.79 Å². The molecule has 4 atom stereocenters. The van der Waals surface area contributed by atoms with Crippen LogP contribution in [0.5, 0.6) is 5.75 Å². The average Bonchev–Trinajstić information content (AvgIpc) is 3.54. The summed E-state index contributed by atoms with van der Waals surface area (Å²) in [5, 5.41) is 14.4. The maximum absolute atomic E-state index is 14.6. The van der Waals surface area contributed by atoms with Crippen LogP contribution in [0.2, 0.25) is 10.0 Å². The number of anilines is 2. The number of amides is 1. The fourth-order valence-electron chi connectivity index (χ4n) is 7.28. The van der Waals surface area contributed by atoms with Crippen LogP contribution in [0.4, 0.5) is 11.4 Å². The molecule has 214 valence electrons. The van der Waals surface area contributed by atoms with Crippen LogP contribution in [0.3, 0.4) is 0 Å². The van der Waals surface area contributed by atoms with Crippen molar-refractivity contribution in [1.29, 1.82) is 0 Å². The van der Waals surface area contributed by atoms with E-state index in [1.807, 2.05) is 36.4 Å². The highest BCUT2D eigenvalue weighted by Gasteiger charge is 2.67. The number of ether oxygens (including phenoxy) is 1. The van der Waals surface area contributed by atoms with E-state index in [0.717, 1.165) is 23.2 Å². The molecule has 9 heteroatoms. The minimum Gasteiger partial charge on any atom is -0.495 e. The fourth-order valence-corrected chi connectivity index (χ4v) is 7.71. The van der Waals surface area contributed by atoms with E-state index in [4.69, 9.17) is 27.9 Å². The van der Waals surface area contributed by atoms with E-state index in [-0.39, 0.29) is 28.8 Å². The molecule has 0 aliphatic carbocycles. The summed E-state index contributed by atoms with van der Waals surface area (Å²) >= 11 is 13.5. The first kappa shape index (κ1) is 27.9. The van der Waals surface area contributed by atoms with E-state index < -0.39 is 17.4 Å². The summed E-state index contributed by atoms with van der Waals surface area (Å²) in [6.45, 7) is 7.66. The van der Waals surface area contributed by atoms with Gasteiger partial charge in [0.2, 0.25) is 5.91 Å². The number of halogens is 2. The number of hydrogen-bond donors (Lipinski definition) is 2. The maximum atomic E-state index is 14.6. The highest BCUT2D eigenvalue weighted by Crippen LogP contribution is 2.61. The Balaban J connectivity index is 1.56. The third-order valence-corrected chi connectivity index (χ3v) is 9.44. The number of carboxylic acid groups (broad SMARTS) is 1. The first-order valence-corrected chi connectivity index (χ1v) is 14.5. The standard InChI is InChI=1S/C32H33Cl2N3O4/c1-31(2,3)15-26-32(16-35-23-11-10-19(33)14-21(23)32)27(20-7-5-6-8-22(20)34)28-29(38)36(17-37(26)28)24-12-9-18(30(39)40)13-25(24)41-4/h5-14,26-28,35H,15-17H2,1-4H3,(H,39,40)/t26-,27-,28+,32-/m0/s1. The first-order chi connectivity index (χ1) is 19.5. The molecular weight excluding hydrogens is 561 g/mol. The van der Waals surface area contributed by atoms with Gasteiger partial charge in [0.25, 0.3) is 0 Å². The number of methoxy groups -OCH3 is 1. The molecule has 1 spiro atoms. The Bertz CT molecular complexity index is 1550. The van der Waals surface area contributed by atoms with Gasteiger partial charge in [0.1, 0.15) is 5.75 Å². The minimum atomic E-state index is -1.06. The van der Waals surface area contributed by atoms with Crippen LogP contribution in [0.15, 0.2) is 60.7 Å². The van der Waals surface area contributed by atoms with Crippen LogP contribution in [0.25, 0.3) is 0 Å². The molecule has 3 aromatic rings. The molecule has 0 radical (unpaired) electrons. The van der Waals surface area contributed by atoms with Gasteiger partial charge in [-0.1, -0.05) is 62.2 Å². The molecule has 0 bridgehead atoms. The van der Waals surface area contributed by atoms with E-state index in [0.29, 0.717) is 34.7 Å². The zero-order valence-electron chi connectivity index (χ0n) is 23.4. The molecule has 7 nitrogen and oxygen atoms in total. The normalized spacial score (nSPS) is 25.4. The van der Waals surface area contributed by atoms with Gasteiger partial charge in [-0.3, -0.25) is 14.6 Å². The quantitative estimate of drug-likeness (QED) is 0.345. The first-order valence-electron chi connectivity index (χ1n) is 13.7. The van der Waals surface area contributed by atoms with Crippen molar-refractivity contribution in [2.45, 2.75) is 50.6 Å². The van der Waals surface area contributed by atoms with Crippen molar-refractivity contribution in [2.75, 3.05) is 30.5 Å². The highest BCUT2D eigenvalue weighted by molar-refractivity contribution is 6.31. The van der Waals surface area contributed by atoms with Gasteiger partial charge >= 0.3 is 5.97 Å². The van der Waals surface area contributed by atoms with Gasteiger partial charge in [0.05, 0.1) is 31.1 Å². The van der Waals surface area contributed by atoms with Crippen LogP contribution in [-0.4, -0.2) is 54.3 Å². The summed E-state index contributed by atoms with van der Waals surface area (Å²) in [5.74, 6) is -1.05. The Hall–Kier alpha value is -3.26. The predicted molar refractivity (Wildman–Crippen MR) is 162 cm³/mol. The molecule has 41 heavy (non-hydrogen) atoms. The van der Waals surface area contributed by atoms with Crippen molar-refractivity contribution in [1.82, 2.24) is 4.90 Å². The Morgan fingerprint density at radius 3 is 2.56 bits per heavy atom. The maximum Gasteiger partial charge on any atom is 0.335 e. The second kappa shape index (κ2) is 9.93. The van der Waals surface area contributed by atoms with E-state index in [9.17, 15) is 14.7 Å². The van der Waals surface area contributed by atoms with Crippen LogP contribution in [0, 0.1) is 5.41 Å². The lowest BCUT2D eigenvalue weighted by Gasteiger charge is -2.42. The van der Waals surface area contributed by atoms with Crippen LogP contribution in [-0.2, 0) is 10.2 Å². The molecule has 0 saturated carbocycles. The summed E-state index contributed by atoms with van der Waals surface area (Å²) in [6.07, 6.45) is 0.828. The molecule has 1 amide bonds. The summed E-state index contributed by atoms with van der Waals surface area (Å²) in [5.41, 5.74) is 3.20. The number of benzene rings is 3. The van der Waals surface area contributed by atoms with Gasteiger partial charge in [-0.2, -0.15) is 0 Å². The molecular formula is C32H33Cl2N3O4. The van der Waals surface area contributed by atoms with Crippen molar-refractivity contribution in [3.8, 4) is 5.75 Å². The van der Waals surface area contributed by atoms with Crippen molar-refractivity contribution < 1.29 is 19.4 Å². The molecule has 3 aromatic carbocycles. The lowest BCUT2D eigenvalue weighted by atomic mass is 9.63. The van der Waals surface area contributed by atoms with Crippen LogP contribution in [0.1, 0.15) is 54.6 Å². The fraction of sp³-hybridized carbons (Fsp3) is 0.375. The van der Waals surface area contributed by atoms with Gasteiger partial charge in [0.15, 0.2) is 0 Å². The molecule has 2 saturated heterocycles. The zero-order valence-corrected chi connectivity index (χ0v) is 25.0. The average molecular weight is 595 g/mol. The predicted octanol–water partition coefficient (Wildman–Crippen LogP) is 6.64. The van der Waals surface area contributed by atoms with E-state index in [1.165, 1.54) is 19.2 Å². The van der Waals surface area contributed by atoms with Gasteiger partial charge in [-0.15, -0.1) is 0 Å². The highest BCUT2D eigenvalue weighted by atomic mass is 35.5. The third-order valence-electron chi connectivity index (χ3n) is 8.86. The lowest BCUT2D eigenvalue weighted by molar-refractivity contribution is -0.119. The number of carbonyl (C=O) groups excluding carboxylic acids is 1. The molecule has 2 N–H and O–H groups in total. The summed E-state index contributed by atoms with van der Waals surface area (Å²) in [7, 11) is 1.49. The van der Waals surface area contributed by atoms with E-state index >= 15 is 0 Å². The smallest absolute Gasteiger partial charge is 0.335 e. The zero-order chi connectivity index (χ0) is 29.3. The Morgan fingerprint density at radius 1 is 1.12 bits per heavy atom. The lowest BCUT2D eigenvalue weighted by Crippen LogP contribution is -2.49. The summed E-state index contributed by atoms with van der Waals surface area (Å²) in [6, 6.07) is 17.9. The monoisotopic (exact) mass is 593 g/mol. The summed E-state index contributed by atoms with van der Waals surface area (Å²) in [4.78, 5) is 30.3. The van der Waals surface area contributed by atoms with Crippen molar-refractivity contribution >= 4 is 46.5 Å². The number of rotatable bonds is 5. The number of carbonyl (C=O) groups is 2. The Labute approximate surface area is 250 Å². The van der Waals surface area contributed by atoms with Crippen molar-refractivity contribution in [2.24, 2.45) is 5.41 Å².